The van der Waals surface area contributed by atoms with Crippen LogP contribution in [-0.2, 0) is 52.2 Å². The molecule has 26 heteroatoms. The van der Waals surface area contributed by atoms with Crippen LogP contribution in [0.2, 0.25) is 0 Å². The van der Waals surface area contributed by atoms with Crippen molar-refractivity contribution >= 4 is 11.9 Å². The largest absolute Gasteiger partial charge is 0.479 e. The minimum absolute atomic E-state index is 0.178. The van der Waals surface area contributed by atoms with E-state index in [1.807, 2.05) is 34.6 Å². The third kappa shape index (κ3) is 9.78. The quantitative estimate of drug-likeness (QED) is 0.0487. The van der Waals surface area contributed by atoms with Gasteiger partial charge in [-0.05, 0) is 84.9 Å². The van der Waals surface area contributed by atoms with Crippen LogP contribution >= 0.6 is 0 Å². The minimum atomic E-state index is -2.14. The van der Waals surface area contributed by atoms with Gasteiger partial charge in [0.2, 0.25) is 0 Å². The third-order valence-electron chi connectivity index (χ3n) is 21.8. The van der Waals surface area contributed by atoms with E-state index in [9.17, 15) is 86.2 Å². The molecule has 3 unspecified atom stereocenters. The molecule has 0 amide bonds. The van der Waals surface area contributed by atoms with E-state index in [1.165, 1.54) is 6.92 Å². The highest BCUT2D eigenvalue weighted by Gasteiger charge is 2.76. The maximum absolute atomic E-state index is 13.0. The van der Waals surface area contributed by atoms with Crippen molar-refractivity contribution in [2.24, 2.45) is 50.2 Å². The van der Waals surface area contributed by atoms with Gasteiger partial charge in [0.15, 0.2) is 37.4 Å². The molecule has 0 aromatic carbocycles. The molecule has 0 spiro atoms. The lowest BCUT2D eigenvalue weighted by Crippen LogP contribution is -2.76. The van der Waals surface area contributed by atoms with Crippen molar-refractivity contribution in [3.63, 3.8) is 0 Å². The highest BCUT2D eigenvalue weighted by atomic mass is 16.8. The number of aliphatic hydroxyl groups is 14. The van der Waals surface area contributed by atoms with Gasteiger partial charge in [0.05, 0.1) is 61.9 Å². The summed E-state index contributed by atoms with van der Waals surface area (Å²) in [7, 11) is 0. The fraction of sp³-hybridized carbons (Fsp3) is 0.927. The van der Waals surface area contributed by atoms with E-state index in [-0.39, 0.29) is 18.3 Å². The number of carboxylic acid groups (broad SMARTS) is 1. The van der Waals surface area contributed by atoms with Crippen LogP contribution in [0.15, 0.2) is 11.6 Å². The molecule has 5 aliphatic carbocycles. The van der Waals surface area contributed by atoms with Crippen LogP contribution < -0.4 is 0 Å². The van der Waals surface area contributed by atoms with Gasteiger partial charge in [-0.2, -0.15) is 0 Å². The number of aliphatic hydroxyl groups excluding tert-OH is 14. The van der Waals surface area contributed by atoms with Gasteiger partial charge in [0.1, 0.15) is 73.2 Å². The molecule has 8 fully saturated rings. The smallest absolute Gasteiger partial charge is 0.335 e. The number of ether oxygens (including phenoxy) is 9. The highest BCUT2D eigenvalue weighted by Crippen LogP contribution is 2.76. The first-order valence-electron chi connectivity index (χ1n) is 28.4. The Morgan fingerprint density at radius 3 is 1.77 bits per heavy atom. The van der Waals surface area contributed by atoms with E-state index >= 15 is 0 Å². The van der Waals surface area contributed by atoms with Crippen molar-refractivity contribution in [2.75, 3.05) is 19.8 Å². The molecule has 464 valence electrons. The van der Waals surface area contributed by atoms with Gasteiger partial charge in [-0.25, -0.2) is 4.79 Å². The van der Waals surface area contributed by atoms with E-state index in [4.69, 9.17) is 42.6 Å². The summed E-state index contributed by atoms with van der Waals surface area (Å²) in [6, 6.07) is 0. The fourth-order valence-electron chi connectivity index (χ4n) is 17.0. The first-order chi connectivity index (χ1) is 37.7. The van der Waals surface area contributed by atoms with Gasteiger partial charge in [0, 0.05) is 12.3 Å². The predicted octanol–water partition coefficient (Wildman–Crippen LogP) is -3.35. The summed E-state index contributed by atoms with van der Waals surface area (Å²) < 4.78 is 54.2. The molecule has 31 atom stereocenters. The summed E-state index contributed by atoms with van der Waals surface area (Å²) >= 11 is 0. The lowest BCUT2D eigenvalue weighted by atomic mass is 9.32. The Bertz CT molecular complexity index is 2300. The van der Waals surface area contributed by atoms with E-state index < -0.39 is 217 Å². The normalized spacial score (nSPS) is 54.0. The molecule has 9 rings (SSSR count). The Kier molecular flexibility index (Phi) is 17.6. The maximum atomic E-state index is 13.0. The number of carboxylic acids is 1. The molecule has 4 saturated heterocycles. The minimum Gasteiger partial charge on any atom is -0.479 e. The van der Waals surface area contributed by atoms with Gasteiger partial charge in [-0.3, -0.25) is 4.79 Å². The number of rotatable bonds is 13. The molecule has 0 bridgehead atoms. The van der Waals surface area contributed by atoms with E-state index in [0.717, 1.165) is 12.5 Å². The molecule has 9 aliphatic rings. The van der Waals surface area contributed by atoms with Crippen molar-refractivity contribution in [1.29, 1.82) is 0 Å². The number of fused-ring (bicyclic) bond motifs is 7. The summed E-state index contributed by atoms with van der Waals surface area (Å²) in [5, 5.41) is 168. The topological polar surface area (TPSA) is 421 Å². The SMILES string of the molecule is CC(=O)O[C@H]1[C@H](O)[C@@H](O[C@@H]2[C@H](O)C(C)(C)CC3C4=CCC5[C@@]6(C)CC[C@H](O[C@H]7O[C@H](C(=O)O)[C@@H](O)[C@H](O[C@H]8O[C@H](CO)[C@@H](O)[C@@H]8O)[C@H]7O[C@@H]7O[C@H](CO)[C@H](O)[C@H](O)[C@H]7O)C(C)(C)C6CC[C@@]5(C)[C@]4(C)[C@H](O)[C@H](O)[C@]32CO)O[C@@H](C)[C@@H]1O. The van der Waals surface area contributed by atoms with Gasteiger partial charge >= 0.3 is 11.9 Å². The van der Waals surface area contributed by atoms with Crippen LogP contribution in [0.25, 0.3) is 0 Å². The number of carbonyl (C=O) groups excluding carboxylic acids is 1. The molecule has 4 aliphatic heterocycles. The van der Waals surface area contributed by atoms with Crippen LogP contribution in [0, 0.1) is 50.2 Å². The average Bonchev–Trinajstić information content (AvgIpc) is 3.10. The Hall–Kier alpha value is -2.20. The standard InChI is InChI=1S/C55H88O26/c1-20-29(60)37(74-21(2)59)36(67)48(73-20)81-44-43(70)50(3,4)16-23-22-10-11-27-52(7)14-13-28(51(5,6)26(52)12-15-53(27,8)54(22,9)41(68)42(69)55(23,44)19-58)77-49-40(80-47-34(65)32(63)30(61)24(17-56)75-47)38(35(66)39(79-49)45(71)72)78-46-33(64)31(62)25(18-57)76-46/h10,20,23-44,46-49,56-58,60-70H,11-19H2,1-9H3,(H,71,72)/t20-,23?,24+,25+,26?,27?,28-,29-,30-,31+,32-,33-,34+,35-,36-,37+,38-,39-,40+,41+,42-,43-,44+,46+,47-,48+,49-,52-,53+,54-,55-/m0/s1. The van der Waals surface area contributed by atoms with Crippen molar-refractivity contribution in [3.8, 4) is 0 Å². The number of esters is 1. The zero-order valence-corrected chi connectivity index (χ0v) is 47.2. The predicted molar refractivity (Wildman–Crippen MR) is 271 cm³/mol. The monoisotopic (exact) mass is 1160 g/mol. The summed E-state index contributed by atoms with van der Waals surface area (Å²) in [6.07, 6.45) is -35.3. The average molecular weight is 1170 g/mol. The Morgan fingerprint density at radius 1 is 0.605 bits per heavy atom. The Labute approximate surface area is 469 Å². The molecule has 4 heterocycles. The number of carbonyl (C=O) groups is 2. The van der Waals surface area contributed by atoms with Gasteiger partial charge in [0.25, 0.3) is 0 Å². The second kappa shape index (κ2) is 22.5. The van der Waals surface area contributed by atoms with E-state index in [0.29, 0.717) is 32.1 Å². The zero-order chi connectivity index (χ0) is 59.8. The zero-order valence-electron chi connectivity index (χ0n) is 47.2. The summed E-state index contributed by atoms with van der Waals surface area (Å²) in [4.78, 5) is 25.0. The van der Waals surface area contributed by atoms with E-state index in [2.05, 4.69) is 19.9 Å². The van der Waals surface area contributed by atoms with Crippen molar-refractivity contribution in [2.45, 2.75) is 248 Å². The molecule has 15 N–H and O–H groups in total. The van der Waals surface area contributed by atoms with Crippen molar-refractivity contribution in [3.05, 3.63) is 11.6 Å². The lowest BCUT2D eigenvalue weighted by molar-refractivity contribution is -0.386. The second-order valence-corrected chi connectivity index (χ2v) is 26.7. The number of hydrogen-bond donors (Lipinski definition) is 15. The lowest BCUT2D eigenvalue weighted by Gasteiger charge is -2.73. The van der Waals surface area contributed by atoms with Crippen LogP contribution in [0.5, 0.6) is 0 Å². The first-order valence-corrected chi connectivity index (χ1v) is 28.4. The molecular formula is C55H88O26. The van der Waals surface area contributed by atoms with Crippen LogP contribution in [0.1, 0.15) is 101 Å². The van der Waals surface area contributed by atoms with Gasteiger partial charge in [-0.1, -0.05) is 60.1 Å². The van der Waals surface area contributed by atoms with Crippen LogP contribution in [0.4, 0.5) is 0 Å². The van der Waals surface area contributed by atoms with Crippen molar-refractivity contribution < 1.29 is 129 Å². The summed E-state index contributed by atoms with van der Waals surface area (Å²) in [5.74, 6) is -3.52. The number of hydrogen-bond acceptors (Lipinski definition) is 25. The Morgan fingerprint density at radius 2 is 1.19 bits per heavy atom. The maximum Gasteiger partial charge on any atom is 0.335 e. The van der Waals surface area contributed by atoms with Gasteiger partial charge in [-0.15, -0.1) is 0 Å². The first kappa shape index (κ1) is 63.3. The third-order valence-corrected chi connectivity index (χ3v) is 21.8. The Balaban J connectivity index is 1.03. The number of aliphatic carboxylic acids is 1. The fourth-order valence-corrected chi connectivity index (χ4v) is 17.0. The molecule has 81 heavy (non-hydrogen) atoms. The molecule has 0 radical (unpaired) electrons. The molecule has 0 aromatic heterocycles. The van der Waals surface area contributed by atoms with Crippen LogP contribution in [-0.4, -0.2) is 256 Å². The molecule has 26 nitrogen and oxygen atoms in total. The highest BCUT2D eigenvalue weighted by molar-refractivity contribution is 5.73. The van der Waals surface area contributed by atoms with Crippen LogP contribution in [0.3, 0.4) is 0 Å². The van der Waals surface area contributed by atoms with E-state index in [1.54, 1.807) is 0 Å². The summed E-state index contributed by atoms with van der Waals surface area (Å²) in [5.41, 5.74) is -5.24. The van der Waals surface area contributed by atoms with Gasteiger partial charge < -0.3 is 119 Å². The van der Waals surface area contributed by atoms with Crippen molar-refractivity contribution in [1.82, 2.24) is 0 Å². The summed E-state index contributed by atoms with van der Waals surface area (Å²) in [6.45, 7) is 14.1. The second-order valence-electron chi connectivity index (χ2n) is 26.7. The number of allylic oxidation sites excluding steroid dienone is 1. The molecule has 4 saturated carbocycles. The molecular weight excluding hydrogens is 1080 g/mol. The molecule has 0 aromatic rings.